The molecular formula is C26H28O4. The molecule has 0 aromatic heterocycles. The van der Waals surface area contributed by atoms with Gasteiger partial charge in [-0.3, -0.25) is 0 Å². The summed E-state index contributed by atoms with van der Waals surface area (Å²) in [6, 6.07) is 17.4. The molecule has 3 rings (SSSR count). The van der Waals surface area contributed by atoms with Crippen LogP contribution >= 0.6 is 0 Å². The van der Waals surface area contributed by atoms with Crippen LogP contribution in [0.25, 0.3) is 16.3 Å². The van der Waals surface area contributed by atoms with Gasteiger partial charge in [0.25, 0.3) is 0 Å². The normalized spacial score (nSPS) is 10.8. The van der Waals surface area contributed by atoms with E-state index in [9.17, 15) is 15.0 Å². The maximum absolute atomic E-state index is 12.1. The van der Waals surface area contributed by atoms with Crippen LogP contribution in [0.5, 0.6) is 11.5 Å². The Hall–Kier alpha value is -3.27. The molecule has 4 heteroatoms. The largest absolute Gasteiger partial charge is 0.504 e. The summed E-state index contributed by atoms with van der Waals surface area (Å²) in [7, 11) is 0. The van der Waals surface area contributed by atoms with E-state index in [1.165, 1.54) is 0 Å². The van der Waals surface area contributed by atoms with Gasteiger partial charge < -0.3 is 14.9 Å². The number of aliphatic carboxylic acids is 1. The number of phenolic OH excluding ortho intramolecular Hbond substituents is 1. The first-order valence-corrected chi connectivity index (χ1v) is 10.3. The lowest BCUT2D eigenvalue weighted by Gasteiger charge is -2.18. The Kier molecular flexibility index (Phi) is 6.78. The second kappa shape index (κ2) is 9.49. The summed E-state index contributed by atoms with van der Waals surface area (Å²) in [5.41, 5.74) is 3.54. The monoisotopic (exact) mass is 404 g/mol. The van der Waals surface area contributed by atoms with Crippen molar-refractivity contribution in [1.82, 2.24) is 0 Å². The second-order valence-corrected chi connectivity index (χ2v) is 7.66. The fourth-order valence-corrected chi connectivity index (χ4v) is 3.71. The number of carboxylic acid groups (broad SMARTS) is 1. The summed E-state index contributed by atoms with van der Waals surface area (Å²) in [5.74, 6) is -0.601. The number of benzene rings is 3. The average Bonchev–Trinajstić information content (AvgIpc) is 2.71. The van der Waals surface area contributed by atoms with Crippen LogP contribution in [0.1, 0.15) is 50.3 Å². The second-order valence-electron chi connectivity index (χ2n) is 7.66. The molecule has 0 spiro atoms. The first-order valence-electron chi connectivity index (χ1n) is 10.3. The smallest absolute Gasteiger partial charge is 0.336 e. The van der Waals surface area contributed by atoms with E-state index in [4.69, 9.17) is 4.74 Å². The van der Waals surface area contributed by atoms with Crippen LogP contribution in [-0.4, -0.2) is 22.8 Å². The Bertz CT molecular complexity index is 1080. The van der Waals surface area contributed by atoms with Crippen molar-refractivity contribution in [3.8, 4) is 11.5 Å². The fraction of sp³-hybridized carbons (Fsp3) is 0.269. The third-order valence-electron chi connectivity index (χ3n) is 5.16. The third kappa shape index (κ3) is 4.48. The van der Waals surface area contributed by atoms with Crippen molar-refractivity contribution in [3.05, 3.63) is 76.9 Å². The average molecular weight is 405 g/mol. The highest BCUT2D eigenvalue weighted by molar-refractivity contribution is 6.21. The van der Waals surface area contributed by atoms with Crippen LogP contribution in [-0.2, 0) is 11.2 Å². The molecule has 30 heavy (non-hydrogen) atoms. The lowest BCUT2D eigenvalue weighted by atomic mass is 9.90. The molecular weight excluding hydrogens is 376 g/mol. The number of hydrogen-bond acceptors (Lipinski definition) is 3. The molecule has 156 valence electrons. The van der Waals surface area contributed by atoms with Crippen molar-refractivity contribution in [1.29, 1.82) is 0 Å². The minimum Gasteiger partial charge on any atom is -0.504 e. The number of unbranched alkanes of at least 4 members (excludes halogenated alkanes) is 1. The highest BCUT2D eigenvalue weighted by atomic mass is 16.5. The third-order valence-corrected chi connectivity index (χ3v) is 5.16. The molecule has 0 unspecified atom stereocenters. The van der Waals surface area contributed by atoms with E-state index in [-0.39, 0.29) is 11.3 Å². The van der Waals surface area contributed by atoms with Crippen molar-refractivity contribution < 1.29 is 19.7 Å². The zero-order chi connectivity index (χ0) is 21.7. The van der Waals surface area contributed by atoms with Gasteiger partial charge in [0.1, 0.15) is 0 Å². The highest BCUT2D eigenvalue weighted by Gasteiger charge is 2.21. The Labute approximate surface area is 177 Å². The summed E-state index contributed by atoms with van der Waals surface area (Å²) in [5, 5.41) is 22.3. The molecule has 0 heterocycles. The van der Waals surface area contributed by atoms with Gasteiger partial charge in [-0.1, -0.05) is 67.4 Å². The van der Waals surface area contributed by atoms with E-state index in [1.54, 1.807) is 19.9 Å². The van der Waals surface area contributed by atoms with Crippen molar-refractivity contribution >= 4 is 22.3 Å². The molecule has 2 N–H and O–H groups in total. The summed E-state index contributed by atoms with van der Waals surface area (Å²) < 4.78 is 5.88. The molecule has 0 atom stereocenters. The maximum Gasteiger partial charge on any atom is 0.336 e. The van der Waals surface area contributed by atoms with Crippen LogP contribution in [0.2, 0.25) is 0 Å². The summed E-state index contributed by atoms with van der Waals surface area (Å²) in [6.07, 6.45) is 2.45. The van der Waals surface area contributed by atoms with Crippen LogP contribution in [0.15, 0.2) is 60.2 Å². The SMILES string of the molecule is CCCCOc1cc(C(C(=O)O)=C(C)C)c2cccc(Cc3ccccc3)c2c1O. The standard InChI is InChI=1S/C26H28O4/c1-4-5-14-30-22-16-21(23(17(2)3)26(28)29)20-13-9-12-19(24(20)25(22)27)15-18-10-7-6-8-11-18/h6-13,16,27H,4-5,14-15H2,1-3H3,(H,28,29). The van der Waals surface area contributed by atoms with Gasteiger partial charge in [-0.15, -0.1) is 0 Å². The first kappa shape index (κ1) is 21.4. The van der Waals surface area contributed by atoms with Crippen molar-refractivity contribution in [2.45, 2.75) is 40.0 Å². The minimum atomic E-state index is -0.991. The number of phenols is 1. The van der Waals surface area contributed by atoms with E-state index < -0.39 is 5.97 Å². The van der Waals surface area contributed by atoms with Crippen LogP contribution in [0.3, 0.4) is 0 Å². The van der Waals surface area contributed by atoms with Gasteiger partial charge in [-0.05, 0) is 49.3 Å². The fourth-order valence-electron chi connectivity index (χ4n) is 3.71. The van der Waals surface area contributed by atoms with Crippen molar-refractivity contribution in [3.63, 3.8) is 0 Å². The summed E-state index contributed by atoms with van der Waals surface area (Å²) in [6.45, 7) is 6.10. The summed E-state index contributed by atoms with van der Waals surface area (Å²) in [4.78, 5) is 12.1. The van der Waals surface area contributed by atoms with Crippen LogP contribution in [0, 0.1) is 0 Å². The molecule has 3 aromatic carbocycles. The number of carboxylic acids is 1. The quantitative estimate of drug-likeness (QED) is 0.347. The zero-order valence-electron chi connectivity index (χ0n) is 17.7. The van der Waals surface area contributed by atoms with E-state index in [0.29, 0.717) is 40.7 Å². The van der Waals surface area contributed by atoms with E-state index >= 15 is 0 Å². The molecule has 0 saturated heterocycles. The number of allylic oxidation sites excluding steroid dienone is 1. The molecule has 0 aliphatic heterocycles. The Balaban J connectivity index is 2.27. The number of ether oxygens (including phenoxy) is 1. The number of aromatic hydroxyl groups is 1. The van der Waals surface area contributed by atoms with Crippen LogP contribution < -0.4 is 4.74 Å². The highest BCUT2D eigenvalue weighted by Crippen LogP contribution is 2.42. The van der Waals surface area contributed by atoms with Crippen molar-refractivity contribution in [2.75, 3.05) is 6.61 Å². The van der Waals surface area contributed by atoms with Gasteiger partial charge in [0.2, 0.25) is 0 Å². The molecule has 0 amide bonds. The minimum absolute atomic E-state index is 0.0647. The maximum atomic E-state index is 12.1. The molecule has 0 aliphatic carbocycles. The molecule has 0 radical (unpaired) electrons. The summed E-state index contributed by atoms with van der Waals surface area (Å²) >= 11 is 0. The topological polar surface area (TPSA) is 66.8 Å². The van der Waals surface area contributed by atoms with Gasteiger partial charge >= 0.3 is 5.97 Å². The van der Waals surface area contributed by atoms with Crippen molar-refractivity contribution in [2.24, 2.45) is 0 Å². The van der Waals surface area contributed by atoms with Gasteiger partial charge in [0, 0.05) is 10.9 Å². The molecule has 3 aromatic rings. The number of fused-ring (bicyclic) bond motifs is 1. The molecule has 4 nitrogen and oxygen atoms in total. The Morgan fingerprint density at radius 3 is 2.40 bits per heavy atom. The van der Waals surface area contributed by atoms with Gasteiger partial charge in [0.15, 0.2) is 11.5 Å². The predicted octanol–water partition coefficient (Wildman–Crippen LogP) is 6.19. The number of carbonyl (C=O) groups is 1. The number of rotatable bonds is 8. The lowest BCUT2D eigenvalue weighted by Crippen LogP contribution is -2.05. The predicted molar refractivity (Wildman–Crippen MR) is 121 cm³/mol. The molecule has 0 saturated carbocycles. The van der Waals surface area contributed by atoms with E-state index in [2.05, 4.69) is 6.92 Å². The van der Waals surface area contributed by atoms with E-state index in [0.717, 1.165) is 24.0 Å². The lowest BCUT2D eigenvalue weighted by molar-refractivity contribution is -0.130. The van der Waals surface area contributed by atoms with Gasteiger partial charge in [0.05, 0.1) is 12.2 Å². The Morgan fingerprint density at radius 1 is 1.03 bits per heavy atom. The van der Waals surface area contributed by atoms with Gasteiger partial charge in [-0.2, -0.15) is 0 Å². The first-order chi connectivity index (χ1) is 14.4. The molecule has 0 aliphatic rings. The number of hydrogen-bond donors (Lipinski definition) is 2. The zero-order valence-corrected chi connectivity index (χ0v) is 17.7. The molecule has 0 bridgehead atoms. The Morgan fingerprint density at radius 2 is 1.77 bits per heavy atom. The van der Waals surface area contributed by atoms with Crippen LogP contribution in [0.4, 0.5) is 0 Å². The van der Waals surface area contributed by atoms with E-state index in [1.807, 2.05) is 48.5 Å². The molecule has 0 fully saturated rings. The van der Waals surface area contributed by atoms with Gasteiger partial charge in [-0.25, -0.2) is 4.79 Å².